The fourth-order valence-corrected chi connectivity index (χ4v) is 11.3. The molecule has 4 saturated heterocycles. The summed E-state index contributed by atoms with van der Waals surface area (Å²) in [5, 5.41) is 15.7. The predicted molar refractivity (Wildman–Crippen MR) is 226 cm³/mol. The molecule has 5 aliphatic rings. The smallest absolute Gasteiger partial charge is 0.251 e. The van der Waals surface area contributed by atoms with Crippen molar-refractivity contribution >= 4 is 40.0 Å². The van der Waals surface area contributed by atoms with Crippen LogP contribution < -0.4 is 30.7 Å². The van der Waals surface area contributed by atoms with E-state index in [1.54, 1.807) is 18.2 Å². The van der Waals surface area contributed by atoms with Crippen molar-refractivity contribution in [1.29, 1.82) is 5.26 Å². The van der Waals surface area contributed by atoms with Crippen molar-refractivity contribution < 1.29 is 27.9 Å². The van der Waals surface area contributed by atoms with Gasteiger partial charge in [-0.3, -0.25) is 24.5 Å². The van der Waals surface area contributed by atoms with Gasteiger partial charge < -0.3 is 29.7 Å². The Bertz CT molecular complexity index is 2490. The van der Waals surface area contributed by atoms with Crippen LogP contribution in [0.2, 0.25) is 0 Å². The highest BCUT2D eigenvalue weighted by molar-refractivity contribution is 6.01. The number of benzene rings is 3. The first-order valence-electron chi connectivity index (χ1n) is 21.2. The van der Waals surface area contributed by atoms with Crippen molar-refractivity contribution in [3.63, 3.8) is 0 Å². The number of fused-ring (bicyclic) bond motifs is 1. The number of nitriles is 1. The zero-order valence-corrected chi connectivity index (χ0v) is 34.9. The van der Waals surface area contributed by atoms with Crippen molar-refractivity contribution in [2.45, 2.75) is 71.4 Å². The topological polar surface area (TPSA) is 151 Å². The summed E-state index contributed by atoms with van der Waals surface area (Å²) in [7, 11) is 0. The van der Waals surface area contributed by atoms with Crippen molar-refractivity contribution in [2.24, 2.45) is 22.2 Å². The second-order valence-electron chi connectivity index (χ2n) is 19.2. The fourth-order valence-electron chi connectivity index (χ4n) is 11.3. The lowest BCUT2D eigenvalue weighted by Gasteiger charge is -2.63. The van der Waals surface area contributed by atoms with Gasteiger partial charge in [-0.2, -0.15) is 5.26 Å². The number of anilines is 2. The second kappa shape index (κ2) is 15.0. The maximum absolute atomic E-state index is 15.2. The van der Waals surface area contributed by atoms with E-state index in [1.807, 2.05) is 29.2 Å². The maximum Gasteiger partial charge on any atom is 0.251 e. The van der Waals surface area contributed by atoms with E-state index >= 15 is 8.78 Å². The molecule has 1 unspecified atom stereocenters. The number of amides is 3. The van der Waals surface area contributed by atoms with E-state index in [4.69, 9.17) is 4.74 Å². The number of rotatable bonds is 9. The van der Waals surface area contributed by atoms with Crippen molar-refractivity contribution in [1.82, 2.24) is 20.5 Å². The molecular weight excluding hydrogens is 781 g/mol. The molecule has 1 spiro atoms. The molecule has 12 nitrogen and oxygen atoms in total. The molecule has 3 amide bonds. The number of aromatic nitrogens is 1. The molecule has 1 aromatic heterocycles. The molecule has 1 atom stereocenters. The lowest BCUT2D eigenvalue weighted by atomic mass is 9.49. The van der Waals surface area contributed by atoms with Crippen LogP contribution in [0, 0.1) is 45.1 Å². The number of pyridine rings is 1. The molecule has 4 aromatic rings. The van der Waals surface area contributed by atoms with E-state index in [2.05, 4.69) is 59.2 Å². The molecule has 5 heterocycles. The number of hydrogen-bond acceptors (Lipinski definition) is 9. The summed E-state index contributed by atoms with van der Waals surface area (Å²) in [6, 6.07) is 18.9. The summed E-state index contributed by atoms with van der Waals surface area (Å²) in [5.41, 5.74) is 1.82. The summed E-state index contributed by atoms with van der Waals surface area (Å²) in [6.45, 7) is 14.7. The molecule has 3 N–H and O–H groups in total. The van der Waals surface area contributed by atoms with Crippen LogP contribution >= 0.6 is 0 Å². The first-order valence-corrected chi connectivity index (χ1v) is 21.2. The number of ether oxygens (including phenoxy) is 1. The van der Waals surface area contributed by atoms with E-state index in [0.717, 1.165) is 51.3 Å². The van der Waals surface area contributed by atoms with Gasteiger partial charge in [0.15, 0.2) is 0 Å². The minimum Gasteiger partial charge on any atom is -0.488 e. The molecule has 3 aromatic carbocycles. The monoisotopic (exact) mass is 831 g/mol. The molecule has 1 aliphatic carbocycles. The summed E-state index contributed by atoms with van der Waals surface area (Å²) < 4.78 is 37.0. The Hall–Kier alpha value is -5.81. The van der Waals surface area contributed by atoms with Crippen molar-refractivity contribution in [3.05, 3.63) is 99.3 Å². The van der Waals surface area contributed by atoms with Crippen molar-refractivity contribution in [2.75, 3.05) is 55.6 Å². The Morgan fingerprint density at radius 3 is 2.21 bits per heavy atom. The van der Waals surface area contributed by atoms with Gasteiger partial charge in [0.25, 0.3) is 5.91 Å². The van der Waals surface area contributed by atoms with Gasteiger partial charge >= 0.3 is 0 Å². The van der Waals surface area contributed by atoms with Gasteiger partial charge in [0.2, 0.25) is 17.4 Å². The Kier molecular flexibility index (Phi) is 9.96. The van der Waals surface area contributed by atoms with E-state index in [-0.39, 0.29) is 47.4 Å². The Morgan fingerprint density at radius 1 is 0.902 bits per heavy atom. The highest BCUT2D eigenvalue weighted by atomic mass is 19.1. The van der Waals surface area contributed by atoms with Crippen molar-refractivity contribution in [3.8, 4) is 11.8 Å². The van der Waals surface area contributed by atoms with Crippen LogP contribution in [-0.4, -0.2) is 85.6 Å². The summed E-state index contributed by atoms with van der Waals surface area (Å²) in [5.74, 6) is -2.57. The number of imide groups is 1. The minimum absolute atomic E-state index is 0.0610. The zero-order chi connectivity index (χ0) is 43.0. The highest BCUT2D eigenvalue weighted by Crippen LogP contribution is 2.56. The summed E-state index contributed by atoms with van der Waals surface area (Å²) in [6.07, 6.45) is 1.80. The molecule has 0 radical (unpaired) electrons. The molecule has 4 aliphatic heterocycles. The van der Waals surface area contributed by atoms with Crippen LogP contribution in [0.5, 0.6) is 5.75 Å². The van der Waals surface area contributed by atoms with Gasteiger partial charge in [-0.15, -0.1) is 0 Å². The van der Waals surface area contributed by atoms with Gasteiger partial charge in [-0.25, -0.2) is 8.78 Å². The van der Waals surface area contributed by atoms with Crippen LogP contribution in [0.1, 0.15) is 80.8 Å². The normalized spacial score (nSPS) is 24.3. The third-order valence-corrected chi connectivity index (χ3v) is 14.3. The Labute approximate surface area is 353 Å². The number of piperidine rings is 2. The van der Waals surface area contributed by atoms with Crippen LogP contribution in [0.4, 0.5) is 20.2 Å². The van der Waals surface area contributed by atoms with Crippen LogP contribution in [0.25, 0.3) is 10.9 Å². The summed E-state index contributed by atoms with van der Waals surface area (Å²) in [4.78, 5) is 59.0. The fraction of sp³-hybridized carbons (Fsp3) is 0.468. The number of halogens is 2. The molecule has 9 rings (SSSR count). The van der Waals surface area contributed by atoms with Crippen LogP contribution in [-0.2, 0) is 9.59 Å². The van der Waals surface area contributed by atoms with Gasteiger partial charge in [0, 0.05) is 109 Å². The predicted octanol–water partition coefficient (Wildman–Crippen LogP) is 5.85. The van der Waals surface area contributed by atoms with Gasteiger partial charge in [-0.1, -0.05) is 27.7 Å². The van der Waals surface area contributed by atoms with E-state index in [0.29, 0.717) is 52.5 Å². The number of likely N-dealkylation sites (tertiary alicyclic amines) is 1. The maximum atomic E-state index is 15.2. The SMILES string of the molecule is CC1(C)C(NC(=O)c2ccc(N3CC(CN4CC5(CCN(c6cc(F)c(C7CCC(=O)NC7=O)c(F)c6)CC5)C4)C3)cc2)C(C)(C)C1Oc1ccc(C#N)c2[nH]c(=O)ccc12. The highest BCUT2D eigenvalue weighted by Gasteiger charge is 2.64. The second-order valence-corrected chi connectivity index (χ2v) is 19.2. The third-order valence-electron chi connectivity index (χ3n) is 14.3. The standard InChI is InChI=1S/C47H51F2N7O5/c1-45(2)43(46(3,4)44(45)61-36-12-7-29(21-50)40-32(36)10-13-37(57)51-40)53-41(59)28-5-8-30(9-6-28)56-23-27(24-56)22-54-25-47(26-54)15-17-55(18-16-47)31-19-34(48)39(35(49)20-31)33-11-14-38(58)52-42(33)60/h5-10,12-13,19-20,27,33,43-44H,11,14-18,22-26H2,1-4H3,(H,51,57)(H,53,59)(H,52,58,60). The number of aromatic amines is 1. The van der Waals surface area contributed by atoms with Gasteiger partial charge in [0.05, 0.1) is 17.0 Å². The third kappa shape index (κ3) is 7.20. The van der Waals surface area contributed by atoms with E-state index < -0.39 is 40.2 Å². The Balaban J connectivity index is 0.729. The van der Waals surface area contributed by atoms with Gasteiger partial charge in [-0.05, 0) is 79.3 Å². The lowest BCUT2D eigenvalue weighted by molar-refractivity contribution is -0.163. The number of carbonyl (C=O) groups is 3. The first kappa shape index (κ1) is 40.6. The number of nitrogens with one attached hydrogen (secondary N) is 3. The molecular formula is C47H51F2N7O5. The van der Waals surface area contributed by atoms with E-state index in [1.165, 1.54) is 18.2 Å². The largest absolute Gasteiger partial charge is 0.488 e. The first-order chi connectivity index (χ1) is 29.0. The summed E-state index contributed by atoms with van der Waals surface area (Å²) >= 11 is 0. The molecule has 5 fully saturated rings. The minimum atomic E-state index is -1.00. The lowest BCUT2D eigenvalue weighted by Crippen LogP contribution is -2.74. The quantitative estimate of drug-likeness (QED) is 0.177. The van der Waals surface area contributed by atoms with Crippen LogP contribution in [0.3, 0.4) is 0 Å². The molecule has 318 valence electrons. The average Bonchev–Trinajstić information content (AvgIpc) is 3.19. The molecule has 0 bridgehead atoms. The number of nitrogens with zero attached hydrogens (tertiary/aromatic N) is 4. The zero-order valence-electron chi connectivity index (χ0n) is 34.9. The number of H-pyrrole nitrogens is 1. The molecule has 1 saturated carbocycles. The molecule has 61 heavy (non-hydrogen) atoms. The number of carbonyl (C=O) groups excluding carboxylic acids is 3. The molecule has 14 heteroatoms. The Morgan fingerprint density at radius 2 is 1.57 bits per heavy atom. The van der Waals surface area contributed by atoms with Gasteiger partial charge in [0.1, 0.15) is 29.6 Å². The van der Waals surface area contributed by atoms with E-state index in [9.17, 15) is 24.4 Å². The number of hydrogen-bond donors (Lipinski definition) is 3. The average molecular weight is 832 g/mol. The van der Waals surface area contributed by atoms with Crippen LogP contribution in [0.15, 0.2) is 65.5 Å².